The van der Waals surface area contributed by atoms with Crippen LogP contribution in [0.25, 0.3) is 21.8 Å². The first-order valence-electron chi connectivity index (χ1n) is 8.01. The van der Waals surface area contributed by atoms with Crippen LogP contribution in [0.2, 0.25) is 5.02 Å². The van der Waals surface area contributed by atoms with E-state index in [9.17, 15) is 14.4 Å². The third-order valence-electron chi connectivity index (χ3n) is 4.16. The Morgan fingerprint density at radius 3 is 2.78 bits per heavy atom. The molecule has 3 heterocycles. The van der Waals surface area contributed by atoms with Gasteiger partial charge in [-0.15, -0.1) is 11.3 Å². The van der Waals surface area contributed by atoms with E-state index in [0.29, 0.717) is 15.9 Å². The van der Waals surface area contributed by atoms with Gasteiger partial charge in [-0.05, 0) is 36.6 Å². The summed E-state index contributed by atoms with van der Waals surface area (Å²) in [4.78, 5) is 41.9. The average Bonchev–Trinajstić information content (AvgIpc) is 3.16. The summed E-state index contributed by atoms with van der Waals surface area (Å²) < 4.78 is 1.09. The topological polar surface area (TPSA) is 87.7 Å². The highest BCUT2D eigenvalue weighted by Gasteiger charge is 2.16. The first-order chi connectivity index (χ1) is 13.0. The van der Waals surface area contributed by atoms with E-state index in [1.165, 1.54) is 23.5 Å². The summed E-state index contributed by atoms with van der Waals surface area (Å²) in [5, 5.41) is 4.91. The van der Waals surface area contributed by atoms with Crippen LogP contribution in [-0.4, -0.2) is 14.8 Å². The number of rotatable bonds is 1. The summed E-state index contributed by atoms with van der Waals surface area (Å²) in [5.74, 6) is 5.88. The van der Waals surface area contributed by atoms with E-state index in [-0.39, 0.29) is 10.9 Å². The van der Waals surface area contributed by atoms with Crippen LogP contribution < -0.4 is 16.5 Å². The number of fused-ring (bicyclic) bond motifs is 2. The van der Waals surface area contributed by atoms with Gasteiger partial charge >= 0.3 is 0 Å². The van der Waals surface area contributed by atoms with E-state index >= 15 is 0 Å². The lowest BCUT2D eigenvalue weighted by Gasteiger charge is -2.10. The summed E-state index contributed by atoms with van der Waals surface area (Å²) in [7, 11) is 0. The minimum Gasteiger partial charge on any atom is -0.350 e. The molecule has 0 aliphatic rings. The van der Waals surface area contributed by atoms with Gasteiger partial charge in [0.2, 0.25) is 5.43 Å². The number of halogens is 1. The lowest BCUT2D eigenvalue weighted by atomic mass is 10.1. The van der Waals surface area contributed by atoms with Crippen molar-refractivity contribution in [3.8, 4) is 11.8 Å². The van der Waals surface area contributed by atoms with Crippen molar-refractivity contribution in [3.05, 3.63) is 76.5 Å². The highest BCUT2D eigenvalue weighted by Crippen LogP contribution is 2.16. The molecule has 0 fully saturated rings. The molecule has 1 unspecified atom stereocenters. The summed E-state index contributed by atoms with van der Waals surface area (Å²) in [6, 6.07) is 7.75. The first kappa shape index (κ1) is 17.3. The van der Waals surface area contributed by atoms with Gasteiger partial charge in [-0.2, -0.15) is 0 Å². The van der Waals surface area contributed by atoms with Crippen molar-refractivity contribution in [3.63, 3.8) is 0 Å². The molecular weight excluding hydrogens is 386 g/mol. The number of nitrogens with zero attached hydrogens (tertiary/aromatic N) is 1. The fourth-order valence-electron chi connectivity index (χ4n) is 2.84. The number of hydrogen-bond acceptors (Lipinski definition) is 4. The number of hydrogen-bond donors (Lipinski definition) is 2. The second kappa shape index (κ2) is 6.58. The fourth-order valence-corrected chi connectivity index (χ4v) is 3.59. The molecule has 0 bridgehead atoms. The van der Waals surface area contributed by atoms with Gasteiger partial charge in [0.05, 0.1) is 10.4 Å². The number of pyridine rings is 1. The van der Waals surface area contributed by atoms with Crippen LogP contribution in [0, 0.1) is 11.8 Å². The van der Waals surface area contributed by atoms with Crippen LogP contribution >= 0.6 is 22.9 Å². The minimum absolute atomic E-state index is 0.0746. The van der Waals surface area contributed by atoms with E-state index in [1.807, 2.05) is 17.5 Å². The predicted octanol–water partition coefficient (Wildman–Crippen LogP) is 2.86. The summed E-state index contributed by atoms with van der Waals surface area (Å²) in [5.41, 5.74) is -1.37. The van der Waals surface area contributed by atoms with Gasteiger partial charge in [-0.1, -0.05) is 29.5 Å². The lowest BCUT2D eigenvalue weighted by molar-refractivity contribution is 0.558. The molecule has 134 valence electrons. The highest BCUT2D eigenvalue weighted by atomic mass is 35.5. The maximum Gasteiger partial charge on any atom is 0.287 e. The molecule has 0 aliphatic heterocycles. The average molecular weight is 398 g/mol. The molecule has 0 aliphatic carbocycles. The van der Waals surface area contributed by atoms with E-state index < -0.39 is 22.6 Å². The van der Waals surface area contributed by atoms with E-state index in [0.717, 1.165) is 9.56 Å². The molecule has 2 N–H and O–H groups in total. The lowest BCUT2D eigenvalue weighted by Crippen LogP contribution is -2.35. The third kappa shape index (κ3) is 2.99. The minimum atomic E-state index is -0.614. The van der Waals surface area contributed by atoms with Gasteiger partial charge in [0.1, 0.15) is 16.9 Å². The van der Waals surface area contributed by atoms with Crippen LogP contribution in [0.3, 0.4) is 0 Å². The Morgan fingerprint density at radius 2 is 2.04 bits per heavy atom. The van der Waals surface area contributed by atoms with Crippen LogP contribution in [0.15, 0.2) is 50.1 Å². The molecule has 0 radical (unpaired) electrons. The zero-order chi connectivity index (χ0) is 19.1. The molecule has 27 heavy (non-hydrogen) atoms. The SMILES string of the molecule is CC(C#Cc1cccs1)n1[nH]c(=O)c2[nH]c3cc(Cl)ccc3c(=O)c2c1=O. The molecule has 4 aromatic rings. The molecule has 0 saturated heterocycles. The van der Waals surface area contributed by atoms with Crippen molar-refractivity contribution >= 4 is 44.7 Å². The zero-order valence-electron chi connectivity index (χ0n) is 14.0. The molecule has 4 rings (SSSR count). The van der Waals surface area contributed by atoms with Gasteiger partial charge in [-0.3, -0.25) is 19.5 Å². The summed E-state index contributed by atoms with van der Waals surface area (Å²) >= 11 is 7.43. The molecule has 1 aromatic carbocycles. The smallest absolute Gasteiger partial charge is 0.287 e. The Kier molecular flexibility index (Phi) is 4.22. The third-order valence-corrected chi connectivity index (χ3v) is 5.18. The standard InChI is InChI=1S/C19H12ClN3O3S/c1-10(4-6-12-3-2-8-27-12)23-19(26)15-16(18(25)22-23)21-14-9-11(20)5-7-13(14)17(15)24/h2-3,5,7-10H,1H3,(H,21,24)(H,22,25). The Bertz CT molecular complexity index is 1420. The molecule has 3 aromatic heterocycles. The predicted molar refractivity (Wildman–Crippen MR) is 108 cm³/mol. The highest BCUT2D eigenvalue weighted by molar-refractivity contribution is 7.10. The quantitative estimate of drug-likeness (QED) is 0.382. The summed E-state index contributed by atoms with van der Waals surface area (Å²) in [6.07, 6.45) is 0. The second-order valence-corrected chi connectivity index (χ2v) is 7.32. The Labute approximate surface area is 161 Å². The van der Waals surface area contributed by atoms with Gasteiger partial charge in [0, 0.05) is 10.4 Å². The molecule has 1 atom stereocenters. The molecule has 6 nitrogen and oxygen atoms in total. The number of benzene rings is 1. The zero-order valence-corrected chi connectivity index (χ0v) is 15.6. The second-order valence-electron chi connectivity index (χ2n) is 5.93. The van der Waals surface area contributed by atoms with Crippen molar-refractivity contribution in [1.82, 2.24) is 14.8 Å². The summed E-state index contributed by atoms with van der Waals surface area (Å²) in [6.45, 7) is 1.68. The normalized spacial score (nSPS) is 12.1. The largest absolute Gasteiger partial charge is 0.350 e. The van der Waals surface area contributed by atoms with E-state index in [2.05, 4.69) is 21.9 Å². The van der Waals surface area contributed by atoms with Crippen molar-refractivity contribution in [2.24, 2.45) is 0 Å². The molecule has 0 saturated carbocycles. The first-order valence-corrected chi connectivity index (χ1v) is 9.26. The maximum atomic E-state index is 12.9. The Balaban J connectivity index is 1.98. The fraction of sp³-hybridized carbons (Fsp3) is 0.105. The van der Waals surface area contributed by atoms with Crippen LogP contribution in [0.1, 0.15) is 17.8 Å². The van der Waals surface area contributed by atoms with Crippen molar-refractivity contribution in [2.75, 3.05) is 0 Å². The van der Waals surface area contributed by atoms with Gasteiger partial charge in [0.15, 0.2) is 0 Å². The van der Waals surface area contributed by atoms with Gasteiger partial charge < -0.3 is 4.98 Å². The number of nitrogens with one attached hydrogen (secondary N) is 2. The Hall–Kier alpha value is -3.08. The van der Waals surface area contributed by atoms with Crippen LogP contribution in [0.5, 0.6) is 0 Å². The van der Waals surface area contributed by atoms with Gasteiger partial charge in [0.25, 0.3) is 11.1 Å². The molecule has 8 heteroatoms. The van der Waals surface area contributed by atoms with Crippen LogP contribution in [-0.2, 0) is 0 Å². The van der Waals surface area contributed by atoms with Crippen molar-refractivity contribution < 1.29 is 0 Å². The Morgan fingerprint density at radius 1 is 1.22 bits per heavy atom. The van der Waals surface area contributed by atoms with Gasteiger partial charge in [-0.25, -0.2) is 4.68 Å². The monoisotopic (exact) mass is 397 g/mol. The maximum absolute atomic E-state index is 12.9. The van der Waals surface area contributed by atoms with E-state index in [1.54, 1.807) is 13.0 Å². The number of aromatic amines is 2. The van der Waals surface area contributed by atoms with Crippen molar-refractivity contribution in [2.45, 2.75) is 13.0 Å². The number of H-pyrrole nitrogens is 2. The number of aromatic nitrogens is 3. The molecule has 0 spiro atoms. The number of thiophene rings is 1. The molecular formula is C19H12ClN3O3S. The van der Waals surface area contributed by atoms with Crippen LogP contribution in [0.4, 0.5) is 0 Å². The molecule has 0 amide bonds. The van der Waals surface area contributed by atoms with Crippen molar-refractivity contribution in [1.29, 1.82) is 0 Å². The van der Waals surface area contributed by atoms with E-state index in [4.69, 9.17) is 11.6 Å².